The van der Waals surface area contributed by atoms with E-state index in [-0.39, 0.29) is 0 Å². The molecule has 0 aliphatic carbocycles. The zero-order valence-corrected chi connectivity index (χ0v) is 14.4. The van der Waals surface area contributed by atoms with Crippen LogP contribution >= 0.6 is 35.2 Å². The lowest BCUT2D eigenvalue weighted by Gasteiger charge is -2.24. The molecule has 2 N–H and O–H groups in total. The number of rotatable bonds is 5. The van der Waals surface area contributed by atoms with Crippen LogP contribution in [-0.4, -0.2) is 30.7 Å². The van der Waals surface area contributed by atoms with Crippen molar-refractivity contribution in [3.05, 3.63) is 51.7 Å². The Kier molecular flexibility index (Phi) is 5.99. The highest BCUT2D eigenvalue weighted by Gasteiger charge is 2.15. The molecule has 0 saturated carbocycles. The fourth-order valence-electron chi connectivity index (χ4n) is 1.92. The van der Waals surface area contributed by atoms with Crippen molar-refractivity contribution in [2.45, 2.75) is 6.04 Å². The Morgan fingerprint density at radius 1 is 1.29 bits per heavy atom. The number of thiocarbonyl (C=S) groups is 1. The van der Waals surface area contributed by atoms with Crippen molar-refractivity contribution < 1.29 is 0 Å². The van der Waals surface area contributed by atoms with Crippen LogP contribution < -0.4 is 10.6 Å². The third-order valence-electron chi connectivity index (χ3n) is 3.05. The van der Waals surface area contributed by atoms with E-state index in [4.69, 9.17) is 23.8 Å². The molecular weight excluding hydrogens is 322 g/mol. The van der Waals surface area contributed by atoms with Crippen LogP contribution in [0.15, 0.2) is 41.8 Å². The summed E-state index contributed by atoms with van der Waals surface area (Å²) in [5.41, 5.74) is 0.925. The molecule has 0 aliphatic rings. The van der Waals surface area contributed by atoms with Gasteiger partial charge in [0.1, 0.15) is 0 Å². The predicted octanol–water partition coefficient (Wildman–Crippen LogP) is 3.99. The Bertz CT molecular complexity index is 567. The summed E-state index contributed by atoms with van der Waals surface area (Å²) in [6.07, 6.45) is 0. The van der Waals surface area contributed by atoms with Gasteiger partial charge < -0.3 is 15.5 Å². The number of hydrogen-bond acceptors (Lipinski definition) is 3. The molecule has 0 unspecified atom stereocenters. The molecule has 2 rings (SSSR count). The van der Waals surface area contributed by atoms with Gasteiger partial charge in [-0.3, -0.25) is 0 Å². The number of likely N-dealkylation sites (N-methyl/N-ethyl adjacent to an activating group) is 1. The van der Waals surface area contributed by atoms with Crippen molar-refractivity contribution in [1.29, 1.82) is 0 Å². The maximum absolute atomic E-state index is 5.86. The molecule has 0 radical (unpaired) electrons. The summed E-state index contributed by atoms with van der Waals surface area (Å²) in [6.45, 7) is 0.757. The first-order chi connectivity index (χ1) is 10.1. The lowest BCUT2D eigenvalue weighted by Crippen LogP contribution is -2.36. The lowest BCUT2D eigenvalue weighted by atomic mass is 10.2. The van der Waals surface area contributed by atoms with Gasteiger partial charge in [0.2, 0.25) is 0 Å². The van der Waals surface area contributed by atoms with Gasteiger partial charge in [-0.25, -0.2) is 0 Å². The molecule has 1 aromatic heterocycles. The van der Waals surface area contributed by atoms with Gasteiger partial charge in [-0.05, 0) is 62.0 Å². The molecule has 112 valence electrons. The zero-order chi connectivity index (χ0) is 15.2. The van der Waals surface area contributed by atoms with E-state index < -0.39 is 0 Å². The molecular formula is C15H18ClN3S2. The van der Waals surface area contributed by atoms with Gasteiger partial charge in [-0.15, -0.1) is 11.3 Å². The number of halogens is 1. The highest BCUT2D eigenvalue weighted by atomic mass is 35.5. The Morgan fingerprint density at radius 3 is 2.57 bits per heavy atom. The van der Waals surface area contributed by atoms with Gasteiger partial charge in [-0.1, -0.05) is 17.7 Å². The molecule has 0 bridgehead atoms. The minimum atomic E-state index is 0.301. The van der Waals surface area contributed by atoms with E-state index in [1.54, 1.807) is 11.3 Å². The fourth-order valence-corrected chi connectivity index (χ4v) is 3.17. The van der Waals surface area contributed by atoms with E-state index in [2.05, 4.69) is 47.1 Å². The van der Waals surface area contributed by atoms with Crippen LogP contribution in [0.1, 0.15) is 10.9 Å². The van der Waals surface area contributed by atoms with E-state index in [9.17, 15) is 0 Å². The first-order valence-electron chi connectivity index (χ1n) is 6.56. The second-order valence-electron chi connectivity index (χ2n) is 4.84. The molecule has 21 heavy (non-hydrogen) atoms. The van der Waals surface area contributed by atoms with E-state index in [0.717, 1.165) is 12.2 Å². The Labute approximate surface area is 139 Å². The largest absolute Gasteiger partial charge is 0.360 e. The van der Waals surface area contributed by atoms with Crippen LogP contribution in [0.25, 0.3) is 0 Å². The van der Waals surface area contributed by atoms with E-state index in [1.807, 2.05) is 24.3 Å². The summed E-state index contributed by atoms with van der Waals surface area (Å²) in [6, 6.07) is 12.0. The molecule has 2 aromatic rings. The number of anilines is 1. The SMILES string of the molecule is CN(C)[C@H](CNC(=S)Nc1ccc(Cl)cc1)c1cccs1. The summed E-state index contributed by atoms with van der Waals surface area (Å²) in [7, 11) is 4.14. The summed E-state index contributed by atoms with van der Waals surface area (Å²) in [5.74, 6) is 0. The number of nitrogens with one attached hydrogen (secondary N) is 2. The van der Waals surface area contributed by atoms with Gasteiger partial charge in [0.25, 0.3) is 0 Å². The van der Waals surface area contributed by atoms with Gasteiger partial charge in [0, 0.05) is 22.1 Å². The van der Waals surface area contributed by atoms with Gasteiger partial charge in [0.05, 0.1) is 6.04 Å². The second-order valence-corrected chi connectivity index (χ2v) is 6.66. The normalized spacial score (nSPS) is 12.2. The molecule has 1 heterocycles. The predicted molar refractivity (Wildman–Crippen MR) is 96.4 cm³/mol. The van der Waals surface area contributed by atoms with Gasteiger partial charge >= 0.3 is 0 Å². The van der Waals surface area contributed by atoms with Gasteiger partial charge in [-0.2, -0.15) is 0 Å². The first-order valence-corrected chi connectivity index (χ1v) is 8.23. The highest BCUT2D eigenvalue weighted by molar-refractivity contribution is 7.80. The van der Waals surface area contributed by atoms with Crippen molar-refractivity contribution in [3.63, 3.8) is 0 Å². The van der Waals surface area contributed by atoms with Crippen LogP contribution in [0.4, 0.5) is 5.69 Å². The highest BCUT2D eigenvalue weighted by Crippen LogP contribution is 2.22. The van der Waals surface area contributed by atoms with Crippen LogP contribution in [-0.2, 0) is 0 Å². The summed E-state index contributed by atoms with van der Waals surface area (Å²) >= 11 is 13.0. The van der Waals surface area contributed by atoms with E-state index >= 15 is 0 Å². The van der Waals surface area contributed by atoms with Crippen molar-refractivity contribution in [1.82, 2.24) is 10.2 Å². The maximum Gasteiger partial charge on any atom is 0.170 e. The molecule has 1 aromatic carbocycles. The van der Waals surface area contributed by atoms with Crippen molar-refractivity contribution >= 4 is 46.0 Å². The maximum atomic E-state index is 5.86. The first kappa shape index (κ1) is 16.2. The molecule has 0 spiro atoms. The average molecular weight is 340 g/mol. The zero-order valence-electron chi connectivity index (χ0n) is 12.0. The Morgan fingerprint density at radius 2 is 2.00 bits per heavy atom. The third kappa shape index (κ3) is 4.97. The van der Waals surface area contributed by atoms with Crippen LogP contribution in [0.2, 0.25) is 5.02 Å². The smallest absolute Gasteiger partial charge is 0.170 e. The molecule has 3 nitrogen and oxygen atoms in total. The standard InChI is InChI=1S/C15H18ClN3S2/c1-19(2)13(14-4-3-9-21-14)10-17-15(20)18-12-7-5-11(16)6-8-12/h3-9,13H,10H2,1-2H3,(H2,17,18,20)/t13-/m1/s1. The van der Waals surface area contributed by atoms with Crippen LogP contribution in [0, 0.1) is 0 Å². The molecule has 0 saturated heterocycles. The number of nitrogens with zero attached hydrogens (tertiary/aromatic N) is 1. The Hall–Kier alpha value is -1.14. The number of benzene rings is 1. The molecule has 1 atom stereocenters. The van der Waals surface area contributed by atoms with Crippen molar-refractivity contribution in [2.24, 2.45) is 0 Å². The fraction of sp³-hybridized carbons (Fsp3) is 0.267. The third-order valence-corrected chi connectivity index (χ3v) is 4.52. The molecule has 0 aliphatic heterocycles. The summed E-state index contributed by atoms with van der Waals surface area (Å²) in [4.78, 5) is 3.51. The topological polar surface area (TPSA) is 27.3 Å². The number of thiophene rings is 1. The number of hydrogen-bond donors (Lipinski definition) is 2. The second kappa shape index (κ2) is 7.75. The van der Waals surface area contributed by atoms with Crippen LogP contribution in [0.3, 0.4) is 0 Å². The summed E-state index contributed by atoms with van der Waals surface area (Å²) < 4.78 is 0. The monoisotopic (exact) mass is 339 g/mol. The quantitative estimate of drug-likeness (QED) is 0.805. The minimum Gasteiger partial charge on any atom is -0.360 e. The van der Waals surface area contributed by atoms with E-state index in [1.165, 1.54) is 4.88 Å². The van der Waals surface area contributed by atoms with E-state index in [0.29, 0.717) is 16.2 Å². The average Bonchev–Trinajstić information content (AvgIpc) is 2.95. The molecule has 0 amide bonds. The minimum absolute atomic E-state index is 0.301. The lowest BCUT2D eigenvalue weighted by molar-refractivity contribution is 0.303. The molecule has 6 heteroatoms. The Balaban J connectivity index is 1.89. The molecule has 0 fully saturated rings. The van der Waals surface area contributed by atoms with Crippen molar-refractivity contribution in [2.75, 3.05) is 26.0 Å². The summed E-state index contributed by atoms with van der Waals surface area (Å²) in [5, 5.41) is 9.84. The van der Waals surface area contributed by atoms with Crippen molar-refractivity contribution in [3.8, 4) is 0 Å². The van der Waals surface area contributed by atoms with Crippen LogP contribution in [0.5, 0.6) is 0 Å². The van der Waals surface area contributed by atoms with Gasteiger partial charge in [0.15, 0.2) is 5.11 Å².